The smallest absolute Gasteiger partial charge is 0.356 e. The van der Waals surface area contributed by atoms with Gasteiger partial charge in [0.1, 0.15) is 5.01 Å². The van der Waals surface area contributed by atoms with Gasteiger partial charge in [0.2, 0.25) is 0 Å². The van der Waals surface area contributed by atoms with Crippen LogP contribution in [0.15, 0.2) is 40.9 Å². The summed E-state index contributed by atoms with van der Waals surface area (Å²) in [5, 5.41) is 5.22. The first-order valence-corrected chi connectivity index (χ1v) is 12.1. The highest BCUT2D eigenvalue weighted by Gasteiger charge is 2.34. The minimum Gasteiger partial charge on any atom is -0.356 e. The van der Waals surface area contributed by atoms with E-state index < -0.39 is 11.7 Å². The summed E-state index contributed by atoms with van der Waals surface area (Å²) in [6.07, 6.45) is -3.10. The van der Waals surface area contributed by atoms with E-state index in [9.17, 15) is 18.0 Å². The molecule has 0 bridgehead atoms. The van der Waals surface area contributed by atoms with Crippen molar-refractivity contribution < 1.29 is 22.5 Å². The number of hydrogen-bond acceptors (Lipinski definition) is 5. The molecule has 4 aromatic rings. The lowest BCUT2D eigenvalue weighted by Gasteiger charge is -2.10. The summed E-state index contributed by atoms with van der Waals surface area (Å²) < 4.78 is 46.1. The lowest BCUT2D eigenvalue weighted by atomic mass is 10.0. The number of aromatic nitrogens is 2. The number of thiol groups is 1. The van der Waals surface area contributed by atoms with Crippen LogP contribution in [-0.2, 0) is 30.2 Å². The van der Waals surface area contributed by atoms with Gasteiger partial charge < -0.3 is 4.52 Å². The number of carbonyl (C=O) groups is 1. The minimum atomic E-state index is -4.45. The highest BCUT2D eigenvalue weighted by Crippen LogP contribution is 2.40. The molecule has 9 heteroatoms. The maximum atomic E-state index is 13.5. The highest BCUT2D eigenvalue weighted by atomic mass is 32.1. The van der Waals surface area contributed by atoms with Gasteiger partial charge in [-0.3, -0.25) is 4.79 Å². The predicted octanol–water partition coefficient (Wildman–Crippen LogP) is 7.19. The van der Waals surface area contributed by atoms with E-state index in [-0.39, 0.29) is 23.0 Å². The Morgan fingerprint density at radius 1 is 1.18 bits per heavy atom. The average molecular weight is 505 g/mol. The fourth-order valence-corrected chi connectivity index (χ4v) is 5.40. The molecule has 0 fully saturated rings. The normalized spacial score (nSPS) is 12.1. The van der Waals surface area contributed by atoms with Crippen molar-refractivity contribution in [2.75, 3.05) is 0 Å². The number of benzene rings is 2. The molecule has 4 nitrogen and oxygen atoms in total. The number of alkyl halides is 3. The van der Waals surface area contributed by atoms with Crippen molar-refractivity contribution in [1.82, 2.24) is 10.1 Å². The van der Waals surface area contributed by atoms with Crippen LogP contribution in [0.1, 0.15) is 52.7 Å². The Balaban J connectivity index is 1.65. The summed E-state index contributed by atoms with van der Waals surface area (Å²) in [6, 6.07) is 9.31. The molecule has 2 aromatic carbocycles. The minimum absolute atomic E-state index is 0.0654. The Hall–Kier alpha value is -2.65. The van der Waals surface area contributed by atoms with Crippen molar-refractivity contribution in [2.45, 2.75) is 52.1 Å². The lowest BCUT2D eigenvalue weighted by Crippen LogP contribution is -2.06. The zero-order valence-electron chi connectivity index (χ0n) is 18.9. The Labute approximate surface area is 204 Å². The molecule has 0 spiro atoms. The first-order valence-electron chi connectivity index (χ1n) is 10.8. The molecule has 4 rings (SSSR count). The van der Waals surface area contributed by atoms with Crippen LogP contribution < -0.4 is 0 Å². The topological polar surface area (TPSA) is 56.0 Å². The van der Waals surface area contributed by atoms with Gasteiger partial charge in [-0.1, -0.05) is 37.2 Å². The molecule has 0 aliphatic carbocycles. The van der Waals surface area contributed by atoms with Crippen molar-refractivity contribution in [3.05, 3.63) is 69.4 Å². The zero-order chi connectivity index (χ0) is 24.6. The molecule has 0 radical (unpaired) electrons. The van der Waals surface area contributed by atoms with Crippen LogP contribution in [0, 0.1) is 6.92 Å². The van der Waals surface area contributed by atoms with Crippen molar-refractivity contribution in [3.63, 3.8) is 0 Å². The van der Waals surface area contributed by atoms with Crippen LogP contribution in [0.25, 0.3) is 21.5 Å². The first-order chi connectivity index (χ1) is 16.0. The molecule has 0 aliphatic rings. The highest BCUT2D eigenvalue weighted by molar-refractivity contribution is 7.96. The SMILES string of the molecule is Cc1cc2c(CCc3sc(-c4ccccc4C(F)(F)F)nc3C(C)C)noc2cc1CC(=O)S. The van der Waals surface area contributed by atoms with Gasteiger partial charge in [-0.15, -0.1) is 24.0 Å². The number of nitrogens with zero attached hydrogens (tertiary/aromatic N) is 2. The van der Waals surface area contributed by atoms with E-state index in [2.05, 4.69) is 22.8 Å². The maximum absolute atomic E-state index is 13.5. The van der Waals surface area contributed by atoms with Gasteiger partial charge in [0.15, 0.2) is 10.7 Å². The average Bonchev–Trinajstić information content (AvgIpc) is 3.35. The van der Waals surface area contributed by atoms with Crippen molar-refractivity contribution in [1.29, 1.82) is 0 Å². The fraction of sp³-hybridized carbons (Fsp3) is 0.320. The number of aryl methyl sites for hydroxylation is 3. The molecule has 0 amide bonds. The molecule has 0 aliphatic heterocycles. The van der Waals surface area contributed by atoms with Gasteiger partial charge in [-0.05, 0) is 55.0 Å². The fourth-order valence-electron chi connectivity index (χ4n) is 3.98. The van der Waals surface area contributed by atoms with Crippen molar-refractivity contribution >= 4 is 40.1 Å². The van der Waals surface area contributed by atoms with E-state index in [0.29, 0.717) is 23.4 Å². The first kappa shape index (κ1) is 24.5. The number of halogens is 3. The molecular weight excluding hydrogens is 481 g/mol. The molecular formula is C25H23F3N2O2S2. The van der Waals surface area contributed by atoms with Crippen molar-refractivity contribution in [2.24, 2.45) is 0 Å². The lowest BCUT2D eigenvalue weighted by molar-refractivity contribution is -0.137. The summed E-state index contributed by atoms with van der Waals surface area (Å²) in [7, 11) is 0. The Kier molecular flexibility index (Phi) is 6.87. The molecule has 0 saturated heterocycles. The summed E-state index contributed by atoms with van der Waals surface area (Å²) in [4.78, 5) is 16.9. The number of rotatable bonds is 7. The Bertz CT molecular complexity index is 1360. The molecule has 0 atom stereocenters. The van der Waals surface area contributed by atoms with E-state index >= 15 is 0 Å². The Morgan fingerprint density at radius 3 is 2.59 bits per heavy atom. The third-order valence-corrected chi connectivity index (χ3v) is 6.99. The monoisotopic (exact) mass is 504 g/mol. The third-order valence-electron chi connectivity index (χ3n) is 5.67. The van der Waals surface area contributed by atoms with Crippen LogP contribution in [0.4, 0.5) is 13.2 Å². The Morgan fingerprint density at radius 2 is 1.91 bits per heavy atom. The molecule has 2 heterocycles. The number of thiazole rings is 1. The number of fused-ring (bicyclic) bond motifs is 1. The van der Waals surface area contributed by atoms with Gasteiger partial charge in [0.25, 0.3) is 0 Å². The number of hydrogen-bond donors (Lipinski definition) is 1. The molecule has 178 valence electrons. The summed E-state index contributed by atoms with van der Waals surface area (Å²) in [6.45, 7) is 5.89. The van der Waals surface area contributed by atoms with Gasteiger partial charge in [0, 0.05) is 22.2 Å². The quantitative estimate of drug-likeness (QED) is 0.271. The van der Waals surface area contributed by atoms with E-state index in [1.807, 2.05) is 32.9 Å². The van der Waals surface area contributed by atoms with Crippen molar-refractivity contribution in [3.8, 4) is 10.6 Å². The van der Waals surface area contributed by atoms with Crippen LogP contribution in [0.3, 0.4) is 0 Å². The second-order valence-electron chi connectivity index (χ2n) is 8.50. The zero-order valence-corrected chi connectivity index (χ0v) is 20.6. The molecule has 0 saturated carbocycles. The molecule has 0 N–H and O–H groups in total. The van der Waals surface area contributed by atoms with E-state index in [4.69, 9.17) is 4.52 Å². The maximum Gasteiger partial charge on any atom is 0.417 e. The van der Waals surface area contributed by atoms with Crippen LogP contribution in [0.2, 0.25) is 0 Å². The van der Waals surface area contributed by atoms with E-state index in [0.717, 1.165) is 38.8 Å². The summed E-state index contributed by atoms with van der Waals surface area (Å²) >= 11 is 5.15. The standard InChI is InChI=1S/C25H23F3N2O2S2/c1-13(2)23-21(34-24(29-23)16-6-4-5-7-18(16)25(26,27)28)9-8-19-17-10-14(3)15(12-22(31)33)11-20(17)32-30-19/h4-7,10-11,13H,8-9,12H2,1-3H3,(H,31,33). The predicted molar refractivity (Wildman–Crippen MR) is 130 cm³/mol. The largest absolute Gasteiger partial charge is 0.417 e. The molecule has 34 heavy (non-hydrogen) atoms. The van der Waals surface area contributed by atoms with Crippen LogP contribution in [0.5, 0.6) is 0 Å². The van der Waals surface area contributed by atoms with Gasteiger partial charge in [-0.25, -0.2) is 4.98 Å². The molecule has 0 unspecified atom stereocenters. The number of carbonyl (C=O) groups excluding carboxylic acids is 1. The van der Waals surface area contributed by atoms with E-state index in [1.165, 1.54) is 23.5 Å². The molecule has 2 aromatic heterocycles. The van der Waals surface area contributed by atoms with E-state index in [1.54, 1.807) is 6.07 Å². The van der Waals surface area contributed by atoms with Gasteiger partial charge >= 0.3 is 6.18 Å². The van der Waals surface area contributed by atoms with Crippen LogP contribution in [-0.4, -0.2) is 15.3 Å². The summed E-state index contributed by atoms with van der Waals surface area (Å²) in [5.41, 5.74) is 3.37. The second-order valence-corrected chi connectivity index (χ2v) is 10.1. The van der Waals surface area contributed by atoms with Gasteiger partial charge in [0.05, 0.1) is 17.0 Å². The van der Waals surface area contributed by atoms with Crippen LogP contribution >= 0.6 is 24.0 Å². The van der Waals surface area contributed by atoms with Gasteiger partial charge in [-0.2, -0.15) is 13.2 Å². The second kappa shape index (κ2) is 9.54. The third kappa shape index (κ3) is 5.05. The summed E-state index contributed by atoms with van der Waals surface area (Å²) in [5.74, 6) is 0.0654.